The van der Waals surface area contributed by atoms with Crippen LogP contribution in [0.25, 0.3) is 0 Å². The van der Waals surface area contributed by atoms with Crippen molar-refractivity contribution < 1.29 is 34.2 Å². The van der Waals surface area contributed by atoms with Gasteiger partial charge in [0.05, 0.1) is 12.5 Å². The number of hydrogen-bond donors (Lipinski definition) is 2. The molecule has 216 valence electrons. The monoisotopic (exact) mass is 525 g/mol. The van der Waals surface area contributed by atoms with Gasteiger partial charge in [-0.3, -0.25) is 4.48 Å². The van der Waals surface area contributed by atoms with Gasteiger partial charge in [-0.05, 0) is 31.8 Å². The van der Waals surface area contributed by atoms with Crippen LogP contribution in [0.4, 0.5) is 0 Å². The molecule has 0 aliphatic carbocycles. The second kappa shape index (κ2) is 21.1. The van der Waals surface area contributed by atoms with Crippen LogP contribution < -0.4 is 5.11 Å². The third kappa shape index (κ3) is 12.5. The van der Waals surface area contributed by atoms with Crippen molar-refractivity contribution in [2.75, 3.05) is 6.54 Å². The molecule has 0 aromatic heterocycles. The molecule has 7 heteroatoms. The van der Waals surface area contributed by atoms with Crippen LogP contribution in [0.3, 0.4) is 0 Å². The standard InChI is InChI=1S/C30H55NO6/c1-5-9-10-11-12-13-14-15-16-17-18-19-20-24-31(25(21-6-2)28(32)33,26(22-7-3)29(34)35)27(23-8-4)30(36)37/h19-20,25-27H,5-18,21-24H2,1-4H3,(H2-,32,33,34,35,36,37)/b20-19+. The zero-order valence-electron chi connectivity index (χ0n) is 24.1. The van der Waals surface area contributed by atoms with Gasteiger partial charge in [-0.1, -0.05) is 98.0 Å². The van der Waals surface area contributed by atoms with Gasteiger partial charge >= 0.3 is 11.9 Å². The first kappa shape index (κ1) is 35.1. The highest BCUT2D eigenvalue weighted by Gasteiger charge is 2.54. The number of hydrogen-bond acceptors (Lipinski definition) is 4. The van der Waals surface area contributed by atoms with Crippen LogP contribution in [0.5, 0.6) is 0 Å². The first-order valence-electron chi connectivity index (χ1n) is 14.9. The van der Waals surface area contributed by atoms with Gasteiger partial charge in [0, 0.05) is 19.3 Å². The van der Waals surface area contributed by atoms with E-state index in [9.17, 15) is 29.7 Å². The first-order valence-corrected chi connectivity index (χ1v) is 14.9. The number of carbonyl (C=O) groups is 3. The molecule has 3 unspecified atom stereocenters. The van der Waals surface area contributed by atoms with Crippen molar-refractivity contribution >= 4 is 17.9 Å². The summed E-state index contributed by atoms with van der Waals surface area (Å²) in [6, 6.07) is -3.46. The summed E-state index contributed by atoms with van der Waals surface area (Å²) < 4.78 is -0.517. The van der Waals surface area contributed by atoms with Gasteiger partial charge in [-0.25, -0.2) is 9.59 Å². The molecule has 0 saturated carbocycles. The molecule has 0 aromatic carbocycles. The van der Waals surface area contributed by atoms with E-state index >= 15 is 0 Å². The zero-order valence-corrected chi connectivity index (χ0v) is 24.1. The molecule has 0 rings (SSSR count). The Morgan fingerprint density at radius 2 is 1.03 bits per heavy atom. The van der Waals surface area contributed by atoms with E-state index in [0.29, 0.717) is 19.3 Å². The molecule has 7 nitrogen and oxygen atoms in total. The fourth-order valence-electron chi connectivity index (χ4n) is 5.67. The maximum atomic E-state index is 12.5. The third-order valence-corrected chi connectivity index (χ3v) is 7.58. The Balaban J connectivity index is 5.58. The maximum absolute atomic E-state index is 12.5. The minimum Gasteiger partial charge on any atom is -0.544 e. The number of carboxylic acid groups (broad SMARTS) is 3. The van der Waals surface area contributed by atoms with E-state index in [0.717, 1.165) is 19.3 Å². The lowest BCUT2D eigenvalue weighted by atomic mass is 9.92. The summed E-state index contributed by atoms with van der Waals surface area (Å²) >= 11 is 0. The predicted molar refractivity (Wildman–Crippen MR) is 147 cm³/mol. The van der Waals surface area contributed by atoms with Crippen LogP contribution in [-0.4, -0.2) is 57.3 Å². The van der Waals surface area contributed by atoms with E-state index in [1.54, 1.807) is 0 Å². The molecule has 0 spiro atoms. The Labute approximate surface area is 225 Å². The van der Waals surface area contributed by atoms with E-state index in [1.807, 2.05) is 32.9 Å². The Morgan fingerprint density at radius 3 is 1.41 bits per heavy atom. The number of unbranched alkanes of at least 4 members (excludes halogenated alkanes) is 10. The second-order valence-corrected chi connectivity index (χ2v) is 10.5. The fourth-order valence-corrected chi connectivity index (χ4v) is 5.67. The van der Waals surface area contributed by atoms with Crippen molar-refractivity contribution in [2.24, 2.45) is 0 Å². The molecule has 2 N–H and O–H groups in total. The van der Waals surface area contributed by atoms with Crippen LogP contribution in [0.15, 0.2) is 12.2 Å². The third-order valence-electron chi connectivity index (χ3n) is 7.58. The van der Waals surface area contributed by atoms with Gasteiger partial charge in [-0.2, -0.15) is 0 Å². The summed E-state index contributed by atoms with van der Waals surface area (Å²) in [5.41, 5.74) is 0. The van der Waals surface area contributed by atoms with Crippen molar-refractivity contribution in [3.8, 4) is 0 Å². The van der Waals surface area contributed by atoms with Crippen LogP contribution in [0.2, 0.25) is 0 Å². The number of quaternary nitrogens is 1. The van der Waals surface area contributed by atoms with E-state index in [-0.39, 0.29) is 25.8 Å². The number of allylic oxidation sites excluding steroid dienone is 1. The average molecular weight is 526 g/mol. The topological polar surface area (TPSA) is 115 Å². The molecule has 0 aliphatic heterocycles. The van der Waals surface area contributed by atoms with Gasteiger partial charge < -0.3 is 20.1 Å². The van der Waals surface area contributed by atoms with E-state index in [2.05, 4.69) is 6.92 Å². The van der Waals surface area contributed by atoms with Gasteiger partial charge in [0.25, 0.3) is 0 Å². The Hall–Kier alpha value is -1.89. The summed E-state index contributed by atoms with van der Waals surface area (Å²) in [4.78, 5) is 37.4. The molecule has 0 aromatic rings. The van der Waals surface area contributed by atoms with Crippen molar-refractivity contribution in [3.63, 3.8) is 0 Å². The number of carboxylic acids is 3. The van der Waals surface area contributed by atoms with Crippen molar-refractivity contribution in [2.45, 2.75) is 155 Å². The number of carbonyl (C=O) groups excluding carboxylic acids is 1. The summed E-state index contributed by atoms with van der Waals surface area (Å²) in [7, 11) is 0. The predicted octanol–water partition coefficient (Wildman–Crippen LogP) is 6.10. The van der Waals surface area contributed by atoms with Gasteiger partial charge in [-0.15, -0.1) is 0 Å². The largest absolute Gasteiger partial charge is 0.544 e. The lowest BCUT2D eigenvalue weighted by Crippen LogP contribution is -2.73. The highest BCUT2D eigenvalue weighted by atomic mass is 16.4. The smallest absolute Gasteiger partial charge is 0.362 e. The summed E-state index contributed by atoms with van der Waals surface area (Å²) in [6.45, 7) is 7.80. The van der Waals surface area contributed by atoms with Gasteiger partial charge in [0.2, 0.25) is 0 Å². The lowest BCUT2D eigenvalue weighted by molar-refractivity contribution is -0.970. The molecule has 3 atom stereocenters. The number of rotatable bonds is 25. The summed E-state index contributed by atoms with van der Waals surface area (Å²) in [5.74, 6) is -3.65. The number of nitrogens with zero attached hydrogens (tertiary/aromatic N) is 1. The van der Waals surface area contributed by atoms with Gasteiger partial charge in [0.1, 0.15) is 6.04 Å². The molecular weight excluding hydrogens is 470 g/mol. The van der Waals surface area contributed by atoms with E-state index < -0.39 is 40.5 Å². The number of aliphatic carboxylic acids is 3. The van der Waals surface area contributed by atoms with Crippen LogP contribution in [-0.2, 0) is 14.4 Å². The van der Waals surface area contributed by atoms with Crippen LogP contribution >= 0.6 is 0 Å². The first-order chi connectivity index (χ1) is 17.7. The highest BCUT2D eigenvalue weighted by molar-refractivity contribution is 5.77. The molecule has 0 aliphatic rings. The molecule has 0 radical (unpaired) electrons. The molecule has 0 amide bonds. The average Bonchev–Trinajstić information content (AvgIpc) is 2.85. The van der Waals surface area contributed by atoms with E-state index in [1.165, 1.54) is 51.4 Å². The van der Waals surface area contributed by atoms with E-state index in [4.69, 9.17) is 0 Å². The quantitative estimate of drug-likeness (QED) is 0.0846. The van der Waals surface area contributed by atoms with Crippen LogP contribution in [0.1, 0.15) is 137 Å². The summed E-state index contributed by atoms with van der Waals surface area (Å²) in [5, 5.41) is 32.8. The SMILES string of the molecule is CCCCCCCCCCCC/C=C/C[N+](C(CCC)C(=O)[O-])(C(CCC)C(=O)O)C(CCC)C(=O)O. The normalized spacial score (nSPS) is 15.8. The Kier molecular flexibility index (Phi) is 20.0. The zero-order chi connectivity index (χ0) is 28.1. The molecule has 0 heterocycles. The molecule has 0 saturated heterocycles. The fraction of sp³-hybridized carbons (Fsp3) is 0.833. The lowest BCUT2D eigenvalue weighted by Gasteiger charge is -2.51. The molecule has 37 heavy (non-hydrogen) atoms. The molecule has 0 bridgehead atoms. The Morgan fingerprint density at radius 1 is 0.622 bits per heavy atom. The van der Waals surface area contributed by atoms with Crippen molar-refractivity contribution in [3.05, 3.63) is 12.2 Å². The highest BCUT2D eigenvalue weighted by Crippen LogP contribution is 2.33. The minimum absolute atomic E-state index is 0.0599. The van der Waals surface area contributed by atoms with Crippen molar-refractivity contribution in [1.82, 2.24) is 0 Å². The molecular formula is C30H55NO6. The maximum Gasteiger partial charge on any atom is 0.362 e. The Bertz CT molecular complexity index is 603. The van der Waals surface area contributed by atoms with Gasteiger partial charge in [0.15, 0.2) is 12.1 Å². The summed E-state index contributed by atoms with van der Waals surface area (Å²) in [6.07, 6.45) is 19.2. The minimum atomic E-state index is -1.37. The second-order valence-electron chi connectivity index (χ2n) is 10.5. The molecule has 0 fully saturated rings. The van der Waals surface area contributed by atoms with Crippen molar-refractivity contribution in [1.29, 1.82) is 0 Å². The van der Waals surface area contributed by atoms with Crippen LogP contribution in [0, 0.1) is 0 Å².